The summed E-state index contributed by atoms with van der Waals surface area (Å²) >= 11 is 3.39. The van der Waals surface area contributed by atoms with Gasteiger partial charge in [0.2, 0.25) is 0 Å². The van der Waals surface area contributed by atoms with Crippen LogP contribution in [0.2, 0.25) is 0 Å². The van der Waals surface area contributed by atoms with Gasteiger partial charge in [-0.25, -0.2) is 0 Å². The van der Waals surface area contributed by atoms with Crippen LogP contribution in [0.3, 0.4) is 0 Å². The van der Waals surface area contributed by atoms with Crippen LogP contribution < -0.4 is 0 Å². The van der Waals surface area contributed by atoms with Crippen molar-refractivity contribution in [1.29, 1.82) is 0 Å². The zero-order chi connectivity index (χ0) is 7.56. The van der Waals surface area contributed by atoms with Crippen LogP contribution in [0.1, 0.15) is 25.3 Å². The maximum atomic E-state index is 3.39. The van der Waals surface area contributed by atoms with Gasteiger partial charge >= 0.3 is 0 Å². The van der Waals surface area contributed by atoms with Gasteiger partial charge in [-0.2, -0.15) is 0 Å². The van der Waals surface area contributed by atoms with Crippen LogP contribution in [-0.2, 0) is 0 Å². The van der Waals surface area contributed by atoms with Gasteiger partial charge in [0.05, 0.1) is 0 Å². The van der Waals surface area contributed by atoms with Crippen LogP contribution in [0.15, 0.2) is 28.7 Å². The average Bonchev–Trinajstić information content (AvgIpc) is 1.88. The zero-order valence-electron chi connectivity index (χ0n) is 6.97. The second-order valence-corrected chi connectivity index (χ2v) is 3.62. The van der Waals surface area contributed by atoms with E-state index >= 15 is 0 Å². The van der Waals surface area contributed by atoms with Gasteiger partial charge in [0.1, 0.15) is 0 Å². The standard InChI is InChI=1S/C9H11Br.Mg/c1-7(2)8-3-5-9(10)6-4-8;/h3-7H,1-2H3;. The highest BCUT2D eigenvalue weighted by atomic mass is 79.9. The maximum absolute atomic E-state index is 3.39. The molecule has 56 valence electrons. The summed E-state index contributed by atoms with van der Waals surface area (Å²) in [6.45, 7) is 4.40. The summed E-state index contributed by atoms with van der Waals surface area (Å²) in [5.74, 6) is 0.632. The van der Waals surface area contributed by atoms with Crippen molar-refractivity contribution in [3.05, 3.63) is 34.3 Å². The number of hydrogen-bond donors (Lipinski definition) is 0. The highest BCUT2D eigenvalue weighted by molar-refractivity contribution is 9.10. The number of benzene rings is 1. The highest BCUT2D eigenvalue weighted by Gasteiger charge is 1.95. The van der Waals surface area contributed by atoms with Crippen molar-refractivity contribution in [3.63, 3.8) is 0 Å². The maximum Gasteiger partial charge on any atom is 0.0175 e. The lowest BCUT2D eigenvalue weighted by molar-refractivity contribution is 0.866. The summed E-state index contributed by atoms with van der Waals surface area (Å²) in [7, 11) is 0. The SMILES string of the molecule is CC(C)c1ccc(Br)cc1.[Mg]. The van der Waals surface area contributed by atoms with Crippen molar-refractivity contribution in [2.75, 3.05) is 0 Å². The molecule has 0 aliphatic heterocycles. The molecule has 11 heavy (non-hydrogen) atoms. The molecule has 0 nitrogen and oxygen atoms in total. The molecule has 0 aliphatic carbocycles. The molecular formula is C9H11BrMg. The molecule has 0 N–H and O–H groups in total. The lowest BCUT2D eigenvalue weighted by Gasteiger charge is -2.03. The highest BCUT2D eigenvalue weighted by Crippen LogP contribution is 2.16. The Morgan fingerprint density at radius 2 is 1.55 bits per heavy atom. The third kappa shape index (κ3) is 3.58. The number of halogens is 1. The van der Waals surface area contributed by atoms with Crippen molar-refractivity contribution in [2.24, 2.45) is 0 Å². The largest absolute Gasteiger partial charge is 0.0587 e. The van der Waals surface area contributed by atoms with Gasteiger partial charge in [0, 0.05) is 27.5 Å². The Morgan fingerprint density at radius 1 is 1.09 bits per heavy atom. The molecular weight excluding hydrogens is 212 g/mol. The van der Waals surface area contributed by atoms with Crippen LogP contribution in [0.25, 0.3) is 0 Å². The Kier molecular flexibility index (Phi) is 5.39. The molecule has 0 bridgehead atoms. The Balaban J connectivity index is 0.000001000. The third-order valence-corrected chi connectivity index (χ3v) is 2.07. The monoisotopic (exact) mass is 222 g/mol. The quantitative estimate of drug-likeness (QED) is 0.641. The molecule has 0 spiro atoms. The van der Waals surface area contributed by atoms with Gasteiger partial charge in [0.25, 0.3) is 0 Å². The first-order chi connectivity index (χ1) is 4.70. The number of rotatable bonds is 1. The fraction of sp³-hybridized carbons (Fsp3) is 0.333. The Morgan fingerprint density at radius 3 is 1.91 bits per heavy atom. The first kappa shape index (κ1) is 11.5. The van der Waals surface area contributed by atoms with Gasteiger partial charge in [-0.3, -0.25) is 0 Å². The summed E-state index contributed by atoms with van der Waals surface area (Å²) in [6.07, 6.45) is 0. The summed E-state index contributed by atoms with van der Waals surface area (Å²) < 4.78 is 1.15. The van der Waals surface area contributed by atoms with E-state index in [2.05, 4.69) is 54.0 Å². The van der Waals surface area contributed by atoms with Crippen LogP contribution in [0.4, 0.5) is 0 Å². The molecule has 0 unspecified atom stereocenters. The summed E-state index contributed by atoms with van der Waals surface area (Å²) in [4.78, 5) is 0. The molecule has 1 aromatic rings. The van der Waals surface area contributed by atoms with E-state index in [4.69, 9.17) is 0 Å². The van der Waals surface area contributed by atoms with Gasteiger partial charge in [-0.1, -0.05) is 41.9 Å². The lowest BCUT2D eigenvalue weighted by atomic mass is 10.0. The molecule has 0 aliphatic rings. The van der Waals surface area contributed by atoms with Gasteiger partial charge < -0.3 is 0 Å². The Hall–Kier alpha value is 0.466. The van der Waals surface area contributed by atoms with Crippen LogP contribution in [-0.4, -0.2) is 23.1 Å². The normalized spacial score (nSPS) is 9.45. The lowest BCUT2D eigenvalue weighted by Crippen LogP contribution is -1.84. The smallest absolute Gasteiger partial charge is 0.0175 e. The van der Waals surface area contributed by atoms with E-state index in [1.165, 1.54) is 5.56 Å². The fourth-order valence-electron chi connectivity index (χ4n) is 0.848. The van der Waals surface area contributed by atoms with Crippen molar-refractivity contribution in [1.82, 2.24) is 0 Å². The van der Waals surface area contributed by atoms with E-state index < -0.39 is 0 Å². The molecule has 0 saturated heterocycles. The van der Waals surface area contributed by atoms with Crippen molar-refractivity contribution in [3.8, 4) is 0 Å². The topological polar surface area (TPSA) is 0 Å². The molecule has 0 saturated carbocycles. The summed E-state index contributed by atoms with van der Waals surface area (Å²) in [5, 5.41) is 0. The van der Waals surface area contributed by atoms with Crippen molar-refractivity contribution >= 4 is 39.0 Å². The first-order valence-electron chi connectivity index (χ1n) is 3.45. The molecule has 2 radical (unpaired) electrons. The molecule has 1 aromatic carbocycles. The third-order valence-electron chi connectivity index (χ3n) is 1.54. The minimum absolute atomic E-state index is 0. The Bertz CT molecular complexity index is 203. The fourth-order valence-corrected chi connectivity index (χ4v) is 1.11. The average molecular weight is 223 g/mol. The molecule has 0 atom stereocenters. The van der Waals surface area contributed by atoms with E-state index in [0.717, 1.165) is 4.47 Å². The van der Waals surface area contributed by atoms with Gasteiger partial charge in [0.15, 0.2) is 0 Å². The second kappa shape index (κ2) is 5.17. The van der Waals surface area contributed by atoms with E-state index in [1.807, 2.05) is 0 Å². The first-order valence-corrected chi connectivity index (χ1v) is 4.25. The molecule has 1 rings (SSSR count). The predicted octanol–water partition coefficient (Wildman–Crippen LogP) is 3.19. The molecule has 0 amide bonds. The molecule has 0 aromatic heterocycles. The minimum Gasteiger partial charge on any atom is -0.0587 e. The van der Waals surface area contributed by atoms with E-state index in [1.54, 1.807) is 0 Å². The van der Waals surface area contributed by atoms with E-state index in [0.29, 0.717) is 5.92 Å². The van der Waals surface area contributed by atoms with Crippen molar-refractivity contribution < 1.29 is 0 Å². The van der Waals surface area contributed by atoms with E-state index in [9.17, 15) is 0 Å². The zero-order valence-corrected chi connectivity index (χ0v) is 9.97. The Labute approximate surface area is 92.7 Å². The minimum atomic E-state index is 0. The van der Waals surface area contributed by atoms with Gasteiger partial charge in [-0.15, -0.1) is 0 Å². The second-order valence-electron chi connectivity index (χ2n) is 2.71. The van der Waals surface area contributed by atoms with E-state index in [-0.39, 0.29) is 23.1 Å². The molecule has 2 heteroatoms. The predicted molar refractivity (Wildman–Crippen MR) is 54.0 cm³/mol. The molecule has 0 fully saturated rings. The summed E-state index contributed by atoms with van der Waals surface area (Å²) in [5.41, 5.74) is 1.39. The number of hydrogen-bond acceptors (Lipinski definition) is 0. The van der Waals surface area contributed by atoms with Crippen LogP contribution in [0.5, 0.6) is 0 Å². The van der Waals surface area contributed by atoms with Crippen LogP contribution in [0, 0.1) is 0 Å². The summed E-state index contributed by atoms with van der Waals surface area (Å²) in [6, 6.07) is 8.45. The van der Waals surface area contributed by atoms with Crippen molar-refractivity contribution in [2.45, 2.75) is 19.8 Å². The van der Waals surface area contributed by atoms with Gasteiger partial charge in [-0.05, 0) is 23.6 Å². The van der Waals surface area contributed by atoms with Crippen LogP contribution >= 0.6 is 15.9 Å². The molecule has 0 heterocycles.